The molecular formula is C25H46N6O3S. The van der Waals surface area contributed by atoms with Gasteiger partial charge in [-0.05, 0) is 87.0 Å². The van der Waals surface area contributed by atoms with E-state index in [-0.39, 0.29) is 6.54 Å². The molecule has 1 aromatic carbocycles. The maximum atomic E-state index is 12.4. The highest BCUT2D eigenvalue weighted by Gasteiger charge is 2.25. The first-order valence-electron chi connectivity index (χ1n) is 13.2. The van der Waals surface area contributed by atoms with Crippen molar-refractivity contribution in [3.05, 3.63) is 28.3 Å². The van der Waals surface area contributed by atoms with Crippen LogP contribution in [0.15, 0.2) is 6.07 Å². The molecule has 0 aliphatic heterocycles. The average molecular weight is 511 g/mol. The van der Waals surface area contributed by atoms with Crippen LogP contribution in [0.3, 0.4) is 0 Å². The predicted molar refractivity (Wildman–Crippen MR) is 144 cm³/mol. The van der Waals surface area contributed by atoms with Crippen LogP contribution in [0.2, 0.25) is 0 Å². The fourth-order valence-electron chi connectivity index (χ4n) is 4.86. The van der Waals surface area contributed by atoms with Crippen molar-refractivity contribution in [1.82, 2.24) is 19.2 Å². The van der Waals surface area contributed by atoms with Crippen LogP contribution in [-0.4, -0.2) is 76.6 Å². The fourth-order valence-corrected chi connectivity index (χ4v) is 5.59. The number of anilines is 1. The summed E-state index contributed by atoms with van der Waals surface area (Å²) in [5.74, 6) is 0. The minimum Gasteiger partial charge on any atom is -0.329 e. The monoisotopic (exact) mass is 510 g/mol. The molecule has 0 bridgehead atoms. The summed E-state index contributed by atoms with van der Waals surface area (Å²) < 4.78 is 28.8. The number of rotatable bonds is 12. The van der Waals surface area contributed by atoms with E-state index in [0.29, 0.717) is 6.54 Å². The number of hydrogen-bond donors (Lipinski definition) is 4. The van der Waals surface area contributed by atoms with E-state index in [9.17, 15) is 13.2 Å². The molecule has 10 heteroatoms. The summed E-state index contributed by atoms with van der Waals surface area (Å²) in [6.07, 6.45) is 6.11. The molecule has 5 N–H and O–H groups in total. The number of urea groups is 1. The highest BCUT2D eigenvalue weighted by molar-refractivity contribution is 7.88. The summed E-state index contributed by atoms with van der Waals surface area (Å²) in [6.45, 7) is 15.0. The fraction of sp³-hybridized carbons (Fsp3) is 0.720. The zero-order chi connectivity index (χ0) is 25.8. The number of amides is 2. The maximum absolute atomic E-state index is 12.4. The van der Waals surface area contributed by atoms with E-state index in [2.05, 4.69) is 44.5 Å². The van der Waals surface area contributed by atoms with Crippen molar-refractivity contribution in [3.63, 3.8) is 0 Å². The van der Waals surface area contributed by atoms with Crippen LogP contribution in [0.5, 0.6) is 0 Å². The van der Waals surface area contributed by atoms with Crippen LogP contribution in [0.1, 0.15) is 62.8 Å². The molecule has 35 heavy (non-hydrogen) atoms. The Kier molecular flexibility index (Phi) is 12.4. The van der Waals surface area contributed by atoms with Crippen molar-refractivity contribution < 1.29 is 13.2 Å². The number of hydrogen-bond acceptors (Lipinski definition) is 6. The van der Waals surface area contributed by atoms with Gasteiger partial charge < -0.3 is 20.9 Å². The summed E-state index contributed by atoms with van der Waals surface area (Å²) >= 11 is 0. The molecule has 2 amide bonds. The van der Waals surface area contributed by atoms with Gasteiger partial charge in [0.25, 0.3) is 0 Å². The third-order valence-electron chi connectivity index (χ3n) is 6.89. The second-order valence-electron chi connectivity index (χ2n) is 9.03. The van der Waals surface area contributed by atoms with Gasteiger partial charge in [0.15, 0.2) is 0 Å². The summed E-state index contributed by atoms with van der Waals surface area (Å²) in [7, 11) is -3.88. The Hall–Kier alpha value is -1.72. The van der Waals surface area contributed by atoms with Crippen LogP contribution in [-0.2, 0) is 35.9 Å². The van der Waals surface area contributed by atoms with Crippen LogP contribution >= 0.6 is 0 Å². The highest BCUT2D eigenvalue weighted by atomic mass is 32.2. The van der Waals surface area contributed by atoms with Gasteiger partial charge in [0.05, 0.1) is 0 Å². The highest BCUT2D eigenvalue weighted by Crippen LogP contribution is 2.38. The Labute approximate surface area is 212 Å². The molecule has 0 saturated carbocycles. The van der Waals surface area contributed by atoms with E-state index in [1.54, 1.807) is 0 Å². The van der Waals surface area contributed by atoms with Gasteiger partial charge in [0.1, 0.15) is 0 Å². The van der Waals surface area contributed by atoms with Crippen LogP contribution < -0.4 is 20.5 Å². The summed E-state index contributed by atoms with van der Waals surface area (Å²) in [5, 5.41) is 2.84. The van der Waals surface area contributed by atoms with Crippen molar-refractivity contribution in [1.29, 1.82) is 0 Å². The van der Waals surface area contributed by atoms with Crippen LogP contribution in [0, 0.1) is 0 Å². The van der Waals surface area contributed by atoms with Gasteiger partial charge in [-0.25, -0.2) is 9.52 Å². The number of nitrogens with zero attached hydrogens (tertiary/aromatic N) is 2. The number of nitrogens with one attached hydrogen (secondary N) is 3. The lowest BCUT2D eigenvalue weighted by Gasteiger charge is -2.19. The van der Waals surface area contributed by atoms with Crippen LogP contribution in [0.4, 0.5) is 10.5 Å². The van der Waals surface area contributed by atoms with Gasteiger partial charge >= 0.3 is 16.2 Å². The van der Waals surface area contributed by atoms with Gasteiger partial charge in [-0.3, -0.25) is 0 Å². The Morgan fingerprint density at radius 3 is 1.86 bits per heavy atom. The third kappa shape index (κ3) is 9.02. The minimum absolute atomic E-state index is 0.264. The number of nitrogens with two attached hydrogens (primary N) is 1. The number of carbonyl (C=O) groups is 1. The van der Waals surface area contributed by atoms with E-state index in [0.717, 1.165) is 83.5 Å². The van der Waals surface area contributed by atoms with Crippen molar-refractivity contribution in [2.45, 2.75) is 66.2 Å². The standard InChI is InChI=1S/C19H30N4O3S.C6H16N2/c1-3-23(4-2)12-11-20-27(25,26)22-19(24)21-18-16-9-5-7-14(16)13-15-8-6-10-17(15)18;1-3-8(4-2)6-5-7/h13,20H,3-12H2,1-2H3,(H2,21,22,24);3-7H2,1-2H3. The molecule has 3 rings (SSSR count). The Morgan fingerprint density at radius 1 is 0.886 bits per heavy atom. The molecular weight excluding hydrogens is 464 g/mol. The summed E-state index contributed by atoms with van der Waals surface area (Å²) in [6, 6.07) is 1.58. The zero-order valence-corrected chi connectivity index (χ0v) is 22.9. The van der Waals surface area contributed by atoms with Crippen molar-refractivity contribution in [3.8, 4) is 0 Å². The second kappa shape index (κ2) is 14.7. The summed E-state index contributed by atoms with van der Waals surface area (Å²) in [5.41, 5.74) is 11.1. The topological polar surface area (TPSA) is 120 Å². The molecule has 9 nitrogen and oxygen atoms in total. The number of likely N-dealkylation sites (N-methyl/N-ethyl adjacent to an activating group) is 2. The minimum atomic E-state index is -3.88. The van der Waals surface area contributed by atoms with Gasteiger partial charge in [-0.2, -0.15) is 13.1 Å². The molecule has 0 unspecified atom stereocenters. The largest absolute Gasteiger partial charge is 0.333 e. The normalized spacial score (nSPS) is 14.5. The number of fused-ring (bicyclic) bond motifs is 2. The van der Waals surface area contributed by atoms with E-state index >= 15 is 0 Å². The molecule has 0 atom stereocenters. The maximum Gasteiger partial charge on any atom is 0.333 e. The van der Waals surface area contributed by atoms with Crippen molar-refractivity contribution >= 4 is 21.9 Å². The average Bonchev–Trinajstić information content (AvgIpc) is 3.49. The Balaban J connectivity index is 0.000000466. The molecule has 0 radical (unpaired) electrons. The van der Waals surface area contributed by atoms with E-state index in [4.69, 9.17) is 5.73 Å². The molecule has 0 heterocycles. The number of carbonyl (C=O) groups excluding carboxylic acids is 1. The van der Waals surface area contributed by atoms with E-state index in [1.165, 1.54) is 22.3 Å². The van der Waals surface area contributed by atoms with Crippen LogP contribution in [0.25, 0.3) is 0 Å². The van der Waals surface area contributed by atoms with Gasteiger partial charge in [-0.1, -0.05) is 33.8 Å². The first kappa shape index (κ1) is 29.5. The quantitative estimate of drug-likeness (QED) is 0.342. The summed E-state index contributed by atoms with van der Waals surface area (Å²) in [4.78, 5) is 16.8. The molecule has 0 fully saturated rings. The second-order valence-corrected chi connectivity index (χ2v) is 10.5. The molecule has 2 aliphatic carbocycles. The van der Waals surface area contributed by atoms with Gasteiger partial charge in [0, 0.05) is 31.9 Å². The lowest BCUT2D eigenvalue weighted by atomic mass is 9.99. The SMILES string of the molecule is CCN(CC)CCN.CCN(CC)CCNS(=O)(=O)NC(=O)Nc1c2c(cc3c1CCC3)CCC2. The van der Waals surface area contributed by atoms with Crippen molar-refractivity contribution in [2.24, 2.45) is 5.73 Å². The molecule has 1 aromatic rings. The number of benzene rings is 1. The first-order valence-corrected chi connectivity index (χ1v) is 14.7. The lowest BCUT2D eigenvalue weighted by molar-refractivity contribution is 0.256. The zero-order valence-electron chi connectivity index (χ0n) is 22.1. The van der Waals surface area contributed by atoms with E-state index in [1.807, 2.05) is 13.8 Å². The Morgan fingerprint density at radius 2 is 1.40 bits per heavy atom. The first-order chi connectivity index (χ1) is 16.8. The molecule has 0 saturated heterocycles. The third-order valence-corrected chi connectivity index (χ3v) is 7.93. The molecule has 200 valence electrons. The van der Waals surface area contributed by atoms with Gasteiger partial charge in [-0.15, -0.1) is 0 Å². The molecule has 0 aromatic heterocycles. The van der Waals surface area contributed by atoms with Crippen molar-refractivity contribution in [2.75, 3.05) is 57.7 Å². The predicted octanol–water partition coefficient (Wildman–Crippen LogP) is 2.25. The lowest BCUT2D eigenvalue weighted by Crippen LogP contribution is -2.45. The Bertz CT molecular complexity index is 882. The molecule has 2 aliphatic rings. The number of aryl methyl sites for hydroxylation is 2. The smallest absolute Gasteiger partial charge is 0.329 e. The van der Waals surface area contributed by atoms with Gasteiger partial charge in [0.2, 0.25) is 0 Å². The molecule has 0 spiro atoms. The van der Waals surface area contributed by atoms with E-state index < -0.39 is 16.2 Å².